The van der Waals surface area contributed by atoms with Crippen LogP contribution in [0.15, 0.2) is 0 Å². The second-order valence-electron chi connectivity index (χ2n) is 3.35. The number of rotatable bonds is 0. The molecule has 1 saturated heterocycles. The van der Waals surface area contributed by atoms with Crippen molar-refractivity contribution in [1.29, 1.82) is 0 Å². The minimum absolute atomic E-state index is 0.129. The van der Waals surface area contributed by atoms with E-state index in [4.69, 9.17) is 9.05 Å². The van der Waals surface area contributed by atoms with Crippen LogP contribution >= 0.6 is 18.8 Å². The standard InChI is InChI=1S/C6H13O2PS/c1-6(2)4-7-9(3,10)8-5-6/h10H,3-5H2,1-2H3. The summed E-state index contributed by atoms with van der Waals surface area (Å²) in [5, 5.41) is 0. The maximum Gasteiger partial charge on any atom is 0.171 e. The van der Waals surface area contributed by atoms with E-state index in [1.54, 1.807) is 0 Å². The summed E-state index contributed by atoms with van der Waals surface area (Å²) in [5.41, 5.74) is 0.129. The van der Waals surface area contributed by atoms with Gasteiger partial charge in [0.25, 0.3) is 0 Å². The second kappa shape index (κ2) is 2.56. The van der Waals surface area contributed by atoms with E-state index in [2.05, 4.69) is 32.4 Å². The highest BCUT2D eigenvalue weighted by molar-refractivity contribution is 8.47. The van der Waals surface area contributed by atoms with E-state index >= 15 is 0 Å². The molecule has 0 bridgehead atoms. The minimum atomic E-state index is -1.97. The summed E-state index contributed by atoms with van der Waals surface area (Å²) in [7, 11) is 0. The van der Waals surface area contributed by atoms with Gasteiger partial charge >= 0.3 is 0 Å². The zero-order valence-corrected chi connectivity index (χ0v) is 8.12. The van der Waals surface area contributed by atoms with Gasteiger partial charge in [0.1, 0.15) is 0 Å². The third-order valence-corrected chi connectivity index (χ3v) is 3.07. The smallest absolute Gasteiger partial charge is 0.171 e. The van der Waals surface area contributed by atoms with Crippen molar-refractivity contribution in [2.24, 2.45) is 5.41 Å². The van der Waals surface area contributed by atoms with Crippen LogP contribution in [-0.4, -0.2) is 19.5 Å². The average Bonchev–Trinajstić information content (AvgIpc) is 1.79. The van der Waals surface area contributed by atoms with Crippen molar-refractivity contribution in [1.82, 2.24) is 0 Å². The topological polar surface area (TPSA) is 18.5 Å². The Morgan fingerprint density at radius 3 is 2.10 bits per heavy atom. The summed E-state index contributed by atoms with van der Waals surface area (Å²) < 4.78 is 10.6. The highest BCUT2D eigenvalue weighted by Gasteiger charge is 2.28. The molecule has 10 heavy (non-hydrogen) atoms. The zero-order chi connectivity index (χ0) is 7.83. The first-order valence-corrected chi connectivity index (χ1v) is 6.13. The lowest BCUT2D eigenvalue weighted by molar-refractivity contribution is 0.0667. The zero-order valence-electron chi connectivity index (χ0n) is 6.33. The van der Waals surface area contributed by atoms with E-state index in [-0.39, 0.29) is 5.41 Å². The predicted molar refractivity (Wildman–Crippen MR) is 48.7 cm³/mol. The van der Waals surface area contributed by atoms with Gasteiger partial charge in [-0.15, -0.1) is 0 Å². The van der Waals surface area contributed by atoms with Crippen molar-refractivity contribution in [3.8, 4) is 0 Å². The maximum atomic E-state index is 5.32. The molecule has 4 heteroatoms. The van der Waals surface area contributed by atoms with Gasteiger partial charge in [-0.2, -0.15) is 0 Å². The summed E-state index contributed by atoms with van der Waals surface area (Å²) in [6.45, 7) is 3.63. The van der Waals surface area contributed by atoms with Gasteiger partial charge in [-0.1, -0.05) is 26.1 Å². The van der Waals surface area contributed by atoms with Crippen LogP contribution in [0.25, 0.3) is 0 Å². The third kappa shape index (κ3) is 2.31. The molecule has 1 aliphatic rings. The highest BCUT2D eigenvalue weighted by atomic mass is 32.7. The minimum Gasteiger partial charge on any atom is -0.329 e. The van der Waals surface area contributed by atoms with Crippen molar-refractivity contribution in [3.63, 3.8) is 0 Å². The maximum absolute atomic E-state index is 5.32. The van der Waals surface area contributed by atoms with Gasteiger partial charge in [-0.05, 0) is 6.30 Å². The summed E-state index contributed by atoms with van der Waals surface area (Å²) in [6.07, 6.45) is 3.73. The lowest BCUT2D eigenvalue weighted by Crippen LogP contribution is -2.28. The summed E-state index contributed by atoms with van der Waals surface area (Å²) in [5.74, 6) is 0. The lowest BCUT2D eigenvalue weighted by atomic mass is 9.97. The van der Waals surface area contributed by atoms with Crippen molar-refractivity contribution in [2.75, 3.05) is 13.2 Å². The molecule has 60 valence electrons. The molecule has 0 aliphatic carbocycles. The van der Waals surface area contributed by atoms with Crippen molar-refractivity contribution < 1.29 is 9.05 Å². The Balaban J connectivity index is 2.54. The van der Waals surface area contributed by atoms with Gasteiger partial charge in [0.15, 0.2) is 6.54 Å². The van der Waals surface area contributed by atoms with Gasteiger partial charge in [-0.25, -0.2) is 0 Å². The normalized spacial score (nSPS) is 29.9. The van der Waals surface area contributed by atoms with E-state index in [0.29, 0.717) is 13.2 Å². The van der Waals surface area contributed by atoms with Crippen molar-refractivity contribution in [3.05, 3.63) is 0 Å². The van der Waals surface area contributed by atoms with Gasteiger partial charge < -0.3 is 9.05 Å². The first-order valence-electron chi connectivity index (χ1n) is 3.17. The fourth-order valence-electron chi connectivity index (χ4n) is 0.630. The van der Waals surface area contributed by atoms with Gasteiger partial charge in [0, 0.05) is 5.41 Å². The molecule has 0 spiro atoms. The Labute approximate surface area is 67.2 Å². The first-order chi connectivity index (χ1) is 4.41. The molecule has 0 saturated carbocycles. The highest BCUT2D eigenvalue weighted by Crippen LogP contribution is 2.56. The Kier molecular flexibility index (Phi) is 2.22. The summed E-state index contributed by atoms with van der Waals surface area (Å²) in [6, 6.07) is 0. The quantitative estimate of drug-likeness (QED) is 0.455. The second-order valence-corrected chi connectivity index (χ2v) is 6.97. The molecule has 0 N–H and O–H groups in total. The molecular weight excluding hydrogens is 167 g/mol. The van der Waals surface area contributed by atoms with Crippen LogP contribution in [0.5, 0.6) is 0 Å². The van der Waals surface area contributed by atoms with Gasteiger partial charge in [0.05, 0.1) is 13.2 Å². The van der Waals surface area contributed by atoms with E-state index in [1.165, 1.54) is 0 Å². The molecule has 1 aliphatic heterocycles. The predicted octanol–water partition coefficient (Wildman–Crippen LogP) is 2.18. The summed E-state index contributed by atoms with van der Waals surface area (Å²) in [4.78, 5) is 0. The molecule has 0 unspecified atom stereocenters. The van der Waals surface area contributed by atoms with Crippen molar-refractivity contribution in [2.45, 2.75) is 13.8 Å². The first kappa shape index (κ1) is 8.66. The molecule has 0 aromatic heterocycles. The van der Waals surface area contributed by atoms with Crippen LogP contribution in [-0.2, 0) is 9.05 Å². The molecule has 0 amide bonds. The largest absolute Gasteiger partial charge is 0.329 e. The average molecular weight is 180 g/mol. The summed E-state index contributed by atoms with van der Waals surface area (Å²) >= 11 is 4.15. The lowest BCUT2D eigenvalue weighted by Gasteiger charge is -2.35. The number of hydrogen-bond donors (Lipinski definition) is 1. The van der Waals surface area contributed by atoms with Crippen molar-refractivity contribution >= 4 is 25.1 Å². The molecule has 1 rings (SSSR count). The molecule has 0 aromatic rings. The Bertz CT molecular complexity index is 165. The van der Waals surface area contributed by atoms with Crippen LogP contribution in [0.4, 0.5) is 0 Å². The Morgan fingerprint density at radius 1 is 1.40 bits per heavy atom. The van der Waals surface area contributed by atoms with Gasteiger partial charge in [-0.3, -0.25) is 0 Å². The molecular formula is C6H13O2PS. The van der Waals surface area contributed by atoms with Crippen LogP contribution in [0.2, 0.25) is 0 Å². The molecule has 0 aromatic carbocycles. The third-order valence-electron chi connectivity index (χ3n) is 1.31. The van der Waals surface area contributed by atoms with Gasteiger partial charge in [0.2, 0.25) is 0 Å². The van der Waals surface area contributed by atoms with Crippen LogP contribution in [0.1, 0.15) is 13.8 Å². The molecule has 0 atom stereocenters. The van der Waals surface area contributed by atoms with E-state index in [0.717, 1.165) is 0 Å². The fourth-order valence-corrected chi connectivity index (χ4v) is 2.15. The van der Waals surface area contributed by atoms with Crippen LogP contribution in [0, 0.1) is 5.41 Å². The molecule has 0 radical (unpaired) electrons. The van der Waals surface area contributed by atoms with E-state index < -0.39 is 6.54 Å². The van der Waals surface area contributed by atoms with Crippen LogP contribution < -0.4 is 0 Å². The molecule has 1 heterocycles. The van der Waals surface area contributed by atoms with Crippen LogP contribution in [0.3, 0.4) is 0 Å². The Hall–Kier alpha value is 0.570. The monoisotopic (exact) mass is 180 g/mol. The Morgan fingerprint density at radius 2 is 1.80 bits per heavy atom. The molecule has 1 fully saturated rings. The number of hydrogen-bond acceptors (Lipinski definition) is 3. The van der Waals surface area contributed by atoms with E-state index in [1.807, 2.05) is 0 Å². The fraction of sp³-hybridized carbons (Fsp3) is 0.833. The SMILES string of the molecule is C=P1(S)OCC(C)(C)CO1. The number of thiol groups is 1. The molecule has 2 nitrogen and oxygen atoms in total. The van der Waals surface area contributed by atoms with E-state index in [9.17, 15) is 0 Å².